The topological polar surface area (TPSA) is 77.5 Å². The van der Waals surface area contributed by atoms with Crippen molar-refractivity contribution in [2.24, 2.45) is 5.41 Å². The van der Waals surface area contributed by atoms with Crippen LogP contribution in [0.1, 0.15) is 25.3 Å². The van der Waals surface area contributed by atoms with Crippen LogP contribution in [0.15, 0.2) is 120 Å². The van der Waals surface area contributed by atoms with E-state index in [1.165, 1.54) is 47.6 Å². The largest absolute Gasteiger partial charge is 0.461 e. The maximum atomic E-state index is 12.9. The van der Waals surface area contributed by atoms with Crippen molar-refractivity contribution >= 4 is 87.7 Å². The Balaban J connectivity index is 1.20. The highest BCUT2D eigenvalue weighted by Crippen LogP contribution is 2.44. The van der Waals surface area contributed by atoms with Crippen molar-refractivity contribution in [3.8, 4) is 11.1 Å². The number of esters is 1. The Kier molecular flexibility index (Phi) is 10.7. The van der Waals surface area contributed by atoms with Gasteiger partial charge >= 0.3 is 12.1 Å². The molecule has 0 saturated heterocycles. The number of carbonyl (C=O) groups excluding carboxylic acids is 2. The van der Waals surface area contributed by atoms with Gasteiger partial charge in [0.05, 0.1) is 23.4 Å². The molecule has 0 bridgehead atoms. The lowest BCUT2D eigenvalue weighted by Gasteiger charge is -2.32. The van der Waals surface area contributed by atoms with E-state index in [4.69, 9.17) is 14.5 Å². The van der Waals surface area contributed by atoms with Crippen LogP contribution < -0.4 is 5.32 Å². The molecule has 2 aromatic heterocycles. The van der Waals surface area contributed by atoms with Gasteiger partial charge in [-0.1, -0.05) is 110 Å². The Hall–Kier alpha value is -4.70. The second-order valence-corrected chi connectivity index (χ2v) is 15.9. The SMILES string of the molecule is C=CC(=O)OCCNC(=O)OCC(CC)(CCc1ccc2ccccc2c1-c1cccc2c1sc1ccccc12)CSc1nc2ccccc2s1. The lowest BCUT2D eigenvalue weighted by Crippen LogP contribution is -2.35. The smallest absolute Gasteiger partial charge is 0.407 e. The Labute approximate surface area is 309 Å². The number of thiophene rings is 1. The summed E-state index contributed by atoms with van der Waals surface area (Å²) in [6.45, 7) is 6.02. The summed E-state index contributed by atoms with van der Waals surface area (Å²) >= 11 is 5.27. The van der Waals surface area contributed by atoms with E-state index in [0.29, 0.717) is 0 Å². The number of benzene rings is 5. The molecule has 0 fully saturated rings. The van der Waals surface area contributed by atoms with Crippen molar-refractivity contribution in [2.45, 2.75) is 30.5 Å². The third kappa shape index (κ3) is 7.66. The Morgan fingerprint density at radius 1 is 0.863 bits per heavy atom. The molecule has 0 radical (unpaired) electrons. The fourth-order valence-electron chi connectivity index (χ4n) is 6.51. The predicted molar refractivity (Wildman–Crippen MR) is 214 cm³/mol. The van der Waals surface area contributed by atoms with Crippen LogP contribution in [0.2, 0.25) is 0 Å². The van der Waals surface area contributed by atoms with E-state index in [1.807, 2.05) is 29.5 Å². The summed E-state index contributed by atoms with van der Waals surface area (Å²) in [5.74, 6) is 0.209. The number of hydrogen-bond acceptors (Lipinski definition) is 8. The molecule has 0 aliphatic rings. The zero-order valence-electron chi connectivity index (χ0n) is 28.4. The van der Waals surface area contributed by atoms with Crippen LogP contribution in [0, 0.1) is 5.41 Å². The van der Waals surface area contributed by atoms with E-state index < -0.39 is 12.1 Å². The molecule has 1 N–H and O–H groups in total. The maximum absolute atomic E-state index is 12.9. The van der Waals surface area contributed by atoms with Gasteiger partial charge in [-0.05, 0) is 59.4 Å². The summed E-state index contributed by atoms with van der Waals surface area (Å²) in [6, 6.07) is 36.6. The van der Waals surface area contributed by atoms with Crippen LogP contribution in [0.5, 0.6) is 0 Å². The number of fused-ring (bicyclic) bond motifs is 5. The number of aryl methyl sites for hydroxylation is 1. The average Bonchev–Trinajstić information content (AvgIpc) is 3.77. The zero-order chi connectivity index (χ0) is 35.2. The van der Waals surface area contributed by atoms with Crippen LogP contribution in [0.3, 0.4) is 0 Å². The first-order valence-corrected chi connectivity index (χ1v) is 19.7. The number of amides is 1. The summed E-state index contributed by atoms with van der Waals surface area (Å²) < 4.78 is 15.6. The third-order valence-corrected chi connectivity index (χ3v) is 13.2. The van der Waals surface area contributed by atoms with Crippen molar-refractivity contribution in [3.05, 3.63) is 121 Å². The van der Waals surface area contributed by atoms with E-state index >= 15 is 0 Å². The van der Waals surface area contributed by atoms with Crippen molar-refractivity contribution < 1.29 is 19.1 Å². The van der Waals surface area contributed by atoms with Gasteiger partial charge in [0.2, 0.25) is 0 Å². The lowest BCUT2D eigenvalue weighted by atomic mass is 9.80. The van der Waals surface area contributed by atoms with Gasteiger partial charge in [0, 0.05) is 43.0 Å². The first-order valence-electron chi connectivity index (χ1n) is 17.1. The number of aromatic nitrogens is 1. The van der Waals surface area contributed by atoms with Crippen molar-refractivity contribution in [3.63, 3.8) is 0 Å². The van der Waals surface area contributed by atoms with Crippen molar-refractivity contribution in [2.75, 3.05) is 25.5 Å². The number of carbonyl (C=O) groups is 2. The maximum Gasteiger partial charge on any atom is 0.407 e. The highest BCUT2D eigenvalue weighted by molar-refractivity contribution is 8.01. The second kappa shape index (κ2) is 15.7. The number of nitrogens with one attached hydrogen (secondary N) is 1. The fourth-order valence-corrected chi connectivity index (χ4v) is 10.1. The van der Waals surface area contributed by atoms with Gasteiger partial charge in [-0.25, -0.2) is 14.6 Å². The molecule has 6 nitrogen and oxygen atoms in total. The summed E-state index contributed by atoms with van der Waals surface area (Å²) in [6.07, 6.45) is 2.98. The molecule has 1 amide bonds. The molecule has 0 spiro atoms. The minimum Gasteiger partial charge on any atom is -0.461 e. The molecule has 1 atom stereocenters. The normalized spacial score (nSPS) is 12.6. The van der Waals surface area contributed by atoms with Gasteiger partial charge in [0.15, 0.2) is 4.34 Å². The van der Waals surface area contributed by atoms with Gasteiger partial charge in [0.25, 0.3) is 0 Å². The molecule has 0 saturated carbocycles. The van der Waals surface area contributed by atoms with Gasteiger partial charge in [-0.15, -0.1) is 22.7 Å². The number of nitrogens with zero attached hydrogens (tertiary/aromatic N) is 1. The summed E-state index contributed by atoms with van der Waals surface area (Å²) in [5, 5.41) is 7.72. The van der Waals surface area contributed by atoms with Crippen LogP contribution in [-0.4, -0.2) is 42.6 Å². The molecular weight excluding hydrogens is 693 g/mol. The van der Waals surface area contributed by atoms with E-state index in [2.05, 4.69) is 104 Å². The molecule has 5 aromatic carbocycles. The lowest BCUT2D eigenvalue weighted by molar-refractivity contribution is -0.137. The predicted octanol–water partition coefficient (Wildman–Crippen LogP) is 11.1. The van der Waals surface area contributed by atoms with Crippen LogP contribution >= 0.6 is 34.4 Å². The standard InChI is InChI=1S/C42H38N2O4S3/c1-3-37(45)47-25-24-43-40(46)48-26-42(4-2,27-49-41-44-34-17-8-10-19-36(34)51-41)23-22-29-21-20-28-12-5-6-13-30(28)38(29)33-16-11-15-32-31-14-7-9-18-35(31)50-39(32)33/h3,5-21H,1,4,22-27H2,2H3,(H,43,46). The molecule has 2 heterocycles. The Bertz CT molecular complexity index is 2330. The van der Waals surface area contributed by atoms with Gasteiger partial charge in [0.1, 0.15) is 6.61 Å². The Morgan fingerprint density at radius 3 is 2.45 bits per heavy atom. The average molecular weight is 731 g/mol. The summed E-state index contributed by atoms with van der Waals surface area (Å²) in [7, 11) is 0. The number of thioether (sulfide) groups is 1. The van der Waals surface area contributed by atoms with E-state index in [0.717, 1.165) is 45.6 Å². The molecule has 7 rings (SSSR count). The fraction of sp³-hybridized carbons (Fsp3) is 0.214. The van der Waals surface area contributed by atoms with Gasteiger partial charge in [-0.3, -0.25) is 0 Å². The molecule has 0 aliphatic heterocycles. The first kappa shape index (κ1) is 34.7. The number of alkyl carbamates (subject to hydrolysis) is 1. The molecule has 1 unspecified atom stereocenters. The Morgan fingerprint density at radius 2 is 1.63 bits per heavy atom. The summed E-state index contributed by atoms with van der Waals surface area (Å²) in [5.41, 5.74) is 4.45. The highest BCUT2D eigenvalue weighted by Gasteiger charge is 2.32. The van der Waals surface area contributed by atoms with Crippen molar-refractivity contribution in [1.29, 1.82) is 0 Å². The van der Waals surface area contributed by atoms with Crippen LogP contribution in [0.25, 0.3) is 52.3 Å². The van der Waals surface area contributed by atoms with Crippen LogP contribution in [0.4, 0.5) is 4.79 Å². The van der Waals surface area contributed by atoms with Crippen molar-refractivity contribution in [1.82, 2.24) is 10.3 Å². The molecule has 51 heavy (non-hydrogen) atoms. The molecule has 7 aromatic rings. The zero-order valence-corrected chi connectivity index (χ0v) is 30.8. The van der Waals surface area contributed by atoms with Crippen LogP contribution in [-0.2, 0) is 20.7 Å². The monoisotopic (exact) mass is 730 g/mol. The van der Waals surface area contributed by atoms with E-state index in [1.54, 1.807) is 23.1 Å². The second-order valence-electron chi connectivity index (χ2n) is 12.6. The number of rotatable bonds is 14. The number of hydrogen-bond donors (Lipinski definition) is 1. The quantitative estimate of drug-likeness (QED) is 0.0519. The number of thiazole rings is 1. The minimum absolute atomic E-state index is 0.0453. The number of ether oxygens (including phenoxy) is 2. The first-order chi connectivity index (χ1) is 25.0. The number of para-hydroxylation sites is 1. The molecule has 0 aliphatic carbocycles. The van der Waals surface area contributed by atoms with E-state index in [9.17, 15) is 9.59 Å². The van der Waals surface area contributed by atoms with Gasteiger partial charge in [-0.2, -0.15) is 0 Å². The van der Waals surface area contributed by atoms with E-state index in [-0.39, 0.29) is 25.2 Å². The molecule has 258 valence electrons. The summed E-state index contributed by atoms with van der Waals surface area (Å²) in [4.78, 5) is 29.1. The molecule has 9 heteroatoms. The third-order valence-electron chi connectivity index (χ3n) is 9.43. The van der Waals surface area contributed by atoms with Gasteiger partial charge < -0.3 is 14.8 Å². The minimum atomic E-state index is -0.532. The highest BCUT2D eigenvalue weighted by atomic mass is 32.2. The molecular formula is C42H38N2O4S3.